The number of ketones is 1. The highest BCUT2D eigenvalue weighted by Crippen LogP contribution is 2.31. The standard InChI is InChI=1S/C14H11F3N2O/c1-9(20)12-6-3-7-18-13(12)19-11-5-2-4-10(8-11)14(15,16)17/h2-8H,1H3,(H,18,19). The van der Waals surface area contributed by atoms with Crippen molar-refractivity contribution >= 4 is 17.3 Å². The quantitative estimate of drug-likeness (QED) is 0.862. The van der Waals surface area contributed by atoms with Gasteiger partial charge >= 0.3 is 6.18 Å². The number of Topliss-reactive ketones (excluding diaryl/α,β-unsaturated/α-hetero) is 1. The van der Waals surface area contributed by atoms with Gasteiger partial charge in [0.05, 0.1) is 11.1 Å². The smallest absolute Gasteiger partial charge is 0.340 e. The van der Waals surface area contributed by atoms with Gasteiger partial charge in [-0.2, -0.15) is 13.2 Å². The van der Waals surface area contributed by atoms with Crippen LogP contribution in [-0.4, -0.2) is 10.8 Å². The number of hydrogen-bond donors (Lipinski definition) is 1. The van der Waals surface area contributed by atoms with Gasteiger partial charge in [-0.3, -0.25) is 4.79 Å². The maximum Gasteiger partial charge on any atom is 0.416 e. The van der Waals surface area contributed by atoms with Gasteiger partial charge in [0.25, 0.3) is 0 Å². The van der Waals surface area contributed by atoms with E-state index in [9.17, 15) is 18.0 Å². The van der Waals surface area contributed by atoms with Crippen molar-refractivity contribution in [1.82, 2.24) is 4.98 Å². The lowest BCUT2D eigenvalue weighted by molar-refractivity contribution is -0.137. The normalized spacial score (nSPS) is 11.2. The summed E-state index contributed by atoms with van der Waals surface area (Å²) in [5.74, 6) is 0.0203. The lowest BCUT2D eigenvalue weighted by Crippen LogP contribution is -2.06. The van der Waals surface area contributed by atoms with Crippen molar-refractivity contribution < 1.29 is 18.0 Å². The number of nitrogens with zero attached hydrogens (tertiary/aromatic N) is 1. The molecule has 0 spiro atoms. The topological polar surface area (TPSA) is 42.0 Å². The molecule has 3 nitrogen and oxygen atoms in total. The van der Waals surface area contributed by atoms with Crippen molar-refractivity contribution in [2.75, 3.05) is 5.32 Å². The van der Waals surface area contributed by atoms with Gasteiger partial charge in [0.2, 0.25) is 0 Å². The Hall–Kier alpha value is -2.37. The van der Waals surface area contributed by atoms with Gasteiger partial charge in [0.1, 0.15) is 5.82 Å². The molecule has 0 aliphatic carbocycles. The first-order valence-corrected chi connectivity index (χ1v) is 5.78. The van der Waals surface area contributed by atoms with Crippen molar-refractivity contribution in [2.45, 2.75) is 13.1 Å². The number of carbonyl (C=O) groups excluding carboxylic acids is 1. The summed E-state index contributed by atoms with van der Waals surface area (Å²) in [7, 11) is 0. The highest BCUT2D eigenvalue weighted by Gasteiger charge is 2.30. The molecule has 104 valence electrons. The average molecular weight is 280 g/mol. The minimum Gasteiger partial charge on any atom is -0.340 e. The predicted molar refractivity (Wildman–Crippen MR) is 69.0 cm³/mol. The molecule has 1 aromatic heterocycles. The molecule has 6 heteroatoms. The summed E-state index contributed by atoms with van der Waals surface area (Å²) in [4.78, 5) is 15.4. The molecule has 0 radical (unpaired) electrons. The number of pyridine rings is 1. The van der Waals surface area contributed by atoms with Crippen LogP contribution >= 0.6 is 0 Å². The van der Waals surface area contributed by atoms with Crippen LogP contribution in [0.1, 0.15) is 22.8 Å². The molecular formula is C14H11F3N2O. The fourth-order valence-corrected chi connectivity index (χ4v) is 1.70. The highest BCUT2D eigenvalue weighted by atomic mass is 19.4. The maximum atomic E-state index is 12.6. The molecule has 1 heterocycles. The Kier molecular flexibility index (Phi) is 3.74. The van der Waals surface area contributed by atoms with Crippen LogP contribution in [-0.2, 0) is 6.18 Å². The zero-order chi connectivity index (χ0) is 14.8. The number of hydrogen-bond acceptors (Lipinski definition) is 3. The molecule has 2 aromatic rings. The molecule has 2 rings (SSSR count). The van der Waals surface area contributed by atoms with Crippen LogP contribution in [0.15, 0.2) is 42.6 Å². The third-order valence-corrected chi connectivity index (χ3v) is 2.64. The fraction of sp³-hybridized carbons (Fsp3) is 0.143. The van der Waals surface area contributed by atoms with Crippen LogP contribution in [0, 0.1) is 0 Å². The summed E-state index contributed by atoms with van der Waals surface area (Å²) >= 11 is 0. The Balaban J connectivity index is 2.34. The second-order valence-electron chi connectivity index (χ2n) is 4.16. The molecule has 0 amide bonds. The van der Waals surface area contributed by atoms with Crippen LogP contribution in [0.4, 0.5) is 24.7 Å². The lowest BCUT2D eigenvalue weighted by atomic mass is 10.1. The summed E-state index contributed by atoms with van der Waals surface area (Å²) in [6, 6.07) is 7.88. The second-order valence-corrected chi connectivity index (χ2v) is 4.16. The lowest BCUT2D eigenvalue weighted by Gasteiger charge is -2.11. The SMILES string of the molecule is CC(=O)c1cccnc1Nc1cccc(C(F)(F)F)c1. The van der Waals surface area contributed by atoms with Crippen molar-refractivity contribution in [2.24, 2.45) is 0 Å². The molecule has 0 atom stereocenters. The minimum atomic E-state index is -4.41. The highest BCUT2D eigenvalue weighted by molar-refractivity contribution is 5.99. The summed E-state index contributed by atoms with van der Waals surface area (Å²) < 4.78 is 37.8. The van der Waals surface area contributed by atoms with Crippen molar-refractivity contribution in [1.29, 1.82) is 0 Å². The third kappa shape index (κ3) is 3.14. The Morgan fingerprint density at radius 1 is 1.20 bits per heavy atom. The van der Waals surface area contributed by atoms with Crippen LogP contribution < -0.4 is 5.32 Å². The number of benzene rings is 1. The van der Waals surface area contributed by atoms with Crippen LogP contribution in [0.3, 0.4) is 0 Å². The molecule has 0 bridgehead atoms. The number of alkyl halides is 3. The molecule has 1 N–H and O–H groups in total. The van der Waals surface area contributed by atoms with E-state index in [2.05, 4.69) is 10.3 Å². The van der Waals surface area contributed by atoms with Gasteiger partial charge in [-0.25, -0.2) is 4.98 Å². The Labute approximate surface area is 113 Å². The van der Waals surface area contributed by atoms with Gasteiger partial charge in [-0.05, 0) is 37.3 Å². The van der Waals surface area contributed by atoms with E-state index in [0.717, 1.165) is 12.1 Å². The Bertz CT molecular complexity index is 638. The molecule has 0 fully saturated rings. The molecule has 20 heavy (non-hydrogen) atoms. The maximum absolute atomic E-state index is 12.6. The van der Waals surface area contributed by atoms with E-state index >= 15 is 0 Å². The number of nitrogens with one attached hydrogen (secondary N) is 1. The molecule has 0 unspecified atom stereocenters. The summed E-state index contributed by atoms with van der Waals surface area (Å²) in [6.07, 6.45) is -2.95. The number of aromatic nitrogens is 1. The first-order chi connectivity index (χ1) is 9.38. The first kappa shape index (κ1) is 14.0. The van der Waals surface area contributed by atoms with Gasteiger partial charge in [0.15, 0.2) is 5.78 Å². The summed E-state index contributed by atoms with van der Waals surface area (Å²) in [6.45, 7) is 1.37. The predicted octanol–water partition coefficient (Wildman–Crippen LogP) is 4.05. The summed E-state index contributed by atoms with van der Waals surface area (Å²) in [5.41, 5.74) is -0.214. The van der Waals surface area contributed by atoms with E-state index in [1.165, 1.54) is 25.3 Å². The van der Waals surface area contributed by atoms with Gasteiger partial charge in [0, 0.05) is 11.9 Å². The van der Waals surface area contributed by atoms with E-state index in [0.29, 0.717) is 5.56 Å². The molecule has 0 aliphatic heterocycles. The number of carbonyl (C=O) groups is 1. The molecule has 0 saturated carbocycles. The number of halogens is 3. The van der Waals surface area contributed by atoms with E-state index in [4.69, 9.17) is 0 Å². The Morgan fingerprint density at radius 2 is 1.95 bits per heavy atom. The summed E-state index contributed by atoms with van der Waals surface area (Å²) in [5, 5.41) is 2.73. The monoisotopic (exact) mass is 280 g/mol. The zero-order valence-corrected chi connectivity index (χ0v) is 10.5. The van der Waals surface area contributed by atoms with Crippen molar-refractivity contribution in [3.8, 4) is 0 Å². The van der Waals surface area contributed by atoms with Crippen LogP contribution in [0.2, 0.25) is 0 Å². The molecule has 0 aliphatic rings. The van der Waals surface area contributed by atoms with Gasteiger partial charge in [-0.1, -0.05) is 6.07 Å². The van der Waals surface area contributed by atoms with Crippen LogP contribution in [0.25, 0.3) is 0 Å². The largest absolute Gasteiger partial charge is 0.416 e. The second kappa shape index (κ2) is 5.32. The number of rotatable bonds is 3. The van der Waals surface area contributed by atoms with E-state index < -0.39 is 11.7 Å². The first-order valence-electron chi connectivity index (χ1n) is 5.78. The fourth-order valence-electron chi connectivity index (χ4n) is 1.70. The minimum absolute atomic E-state index is 0.215. The van der Waals surface area contributed by atoms with E-state index in [-0.39, 0.29) is 17.3 Å². The zero-order valence-electron chi connectivity index (χ0n) is 10.5. The molecule has 1 aromatic carbocycles. The van der Waals surface area contributed by atoms with E-state index in [1.54, 1.807) is 12.1 Å². The molecule has 0 saturated heterocycles. The van der Waals surface area contributed by atoms with Gasteiger partial charge in [-0.15, -0.1) is 0 Å². The van der Waals surface area contributed by atoms with Crippen molar-refractivity contribution in [3.63, 3.8) is 0 Å². The van der Waals surface area contributed by atoms with Crippen molar-refractivity contribution in [3.05, 3.63) is 53.7 Å². The van der Waals surface area contributed by atoms with E-state index in [1.807, 2.05) is 0 Å². The average Bonchev–Trinajstić information content (AvgIpc) is 2.38. The Morgan fingerprint density at radius 3 is 2.60 bits per heavy atom. The third-order valence-electron chi connectivity index (χ3n) is 2.64. The number of anilines is 2. The van der Waals surface area contributed by atoms with Gasteiger partial charge < -0.3 is 5.32 Å². The van der Waals surface area contributed by atoms with Crippen LogP contribution in [0.5, 0.6) is 0 Å². The molecular weight excluding hydrogens is 269 g/mol.